The minimum Gasteiger partial charge on any atom is -0.507 e. The van der Waals surface area contributed by atoms with Crippen molar-refractivity contribution in [3.8, 4) is 11.5 Å². The fraction of sp³-hybridized carbons (Fsp3) is 0.600. The Balaban J connectivity index is 2.10. The Bertz CT molecular complexity index is 653. The molecule has 0 fully saturated rings. The van der Waals surface area contributed by atoms with Gasteiger partial charge in [-0.05, 0) is 75.3 Å². The van der Waals surface area contributed by atoms with Gasteiger partial charge in [0, 0.05) is 6.42 Å². The van der Waals surface area contributed by atoms with Crippen molar-refractivity contribution in [1.82, 2.24) is 0 Å². The molecule has 2 aliphatic rings. The van der Waals surface area contributed by atoms with Crippen LogP contribution < -0.4 is 4.74 Å². The lowest BCUT2D eigenvalue weighted by Crippen LogP contribution is -2.40. The van der Waals surface area contributed by atoms with Crippen molar-refractivity contribution >= 4 is 5.57 Å². The summed E-state index contributed by atoms with van der Waals surface area (Å²) in [6.45, 7) is 8.22. The number of aromatic hydroxyl groups is 1. The number of phenolic OH excluding ortho intramolecular Hbond substituents is 1. The topological polar surface area (TPSA) is 49.7 Å². The highest BCUT2D eigenvalue weighted by molar-refractivity contribution is 5.81. The molecule has 0 spiro atoms. The van der Waals surface area contributed by atoms with Crippen LogP contribution in [0.2, 0.25) is 0 Å². The zero-order valence-corrected chi connectivity index (χ0v) is 14.7. The summed E-state index contributed by atoms with van der Waals surface area (Å²) < 4.78 is 6.26. The molecule has 1 heterocycles. The van der Waals surface area contributed by atoms with Crippen LogP contribution in [0, 0.1) is 0 Å². The predicted octanol–water partition coefficient (Wildman–Crippen LogP) is 4.59. The number of unbranched alkanes of at least 4 members (excludes halogenated alkanes) is 1. The van der Waals surface area contributed by atoms with Crippen molar-refractivity contribution in [2.45, 2.75) is 77.4 Å². The Morgan fingerprint density at radius 2 is 1.96 bits per heavy atom. The largest absolute Gasteiger partial charge is 0.507 e. The van der Waals surface area contributed by atoms with Crippen LogP contribution in [0.1, 0.15) is 70.9 Å². The first-order chi connectivity index (χ1) is 10.7. The third-order valence-corrected chi connectivity index (χ3v) is 5.19. The summed E-state index contributed by atoms with van der Waals surface area (Å²) >= 11 is 0. The third kappa shape index (κ3) is 2.99. The number of hydrogen-bond donors (Lipinski definition) is 2. The van der Waals surface area contributed by atoms with Crippen LogP contribution in [-0.4, -0.2) is 21.4 Å². The Morgan fingerprint density at radius 1 is 1.22 bits per heavy atom. The quantitative estimate of drug-likeness (QED) is 0.857. The van der Waals surface area contributed by atoms with Crippen molar-refractivity contribution in [3.63, 3.8) is 0 Å². The van der Waals surface area contributed by atoms with Gasteiger partial charge in [-0.25, -0.2) is 0 Å². The first-order valence-electron chi connectivity index (χ1n) is 8.74. The molecule has 0 saturated heterocycles. The molecule has 1 unspecified atom stereocenters. The summed E-state index contributed by atoms with van der Waals surface area (Å²) in [7, 11) is 0. The molecule has 0 radical (unpaired) electrons. The number of ether oxygens (including phenoxy) is 1. The lowest BCUT2D eigenvalue weighted by atomic mass is 9.72. The SMILES string of the molecule is CCCCc1cc(O)c2c(c1)OC(C)(C)C1=C2CC(C)(O)CC1. The molecule has 0 aromatic heterocycles. The van der Waals surface area contributed by atoms with Gasteiger partial charge in [-0.3, -0.25) is 0 Å². The van der Waals surface area contributed by atoms with E-state index in [-0.39, 0.29) is 11.4 Å². The molecule has 1 atom stereocenters. The van der Waals surface area contributed by atoms with Crippen molar-refractivity contribution in [1.29, 1.82) is 0 Å². The zero-order valence-electron chi connectivity index (χ0n) is 14.7. The number of aliphatic hydroxyl groups is 1. The van der Waals surface area contributed by atoms with Gasteiger partial charge in [0.25, 0.3) is 0 Å². The van der Waals surface area contributed by atoms with Crippen molar-refractivity contribution in [2.24, 2.45) is 0 Å². The van der Waals surface area contributed by atoms with Gasteiger partial charge in [-0.1, -0.05) is 13.3 Å². The van der Waals surface area contributed by atoms with Crippen LogP contribution in [0.5, 0.6) is 11.5 Å². The number of benzene rings is 1. The van der Waals surface area contributed by atoms with Crippen LogP contribution in [0.4, 0.5) is 0 Å². The van der Waals surface area contributed by atoms with E-state index in [1.54, 1.807) is 0 Å². The van der Waals surface area contributed by atoms with Crippen LogP contribution in [0.25, 0.3) is 5.57 Å². The summed E-state index contributed by atoms with van der Waals surface area (Å²) in [6.07, 6.45) is 5.30. The molecule has 0 bridgehead atoms. The number of aryl methyl sites for hydroxylation is 1. The number of phenols is 1. The van der Waals surface area contributed by atoms with Crippen LogP contribution in [-0.2, 0) is 6.42 Å². The van der Waals surface area contributed by atoms with Gasteiger partial charge >= 0.3 is 0 Å². The van der Waals surface area contributed by atoms with E-state index >= 15 is 0 Å². The third-order valence-electron chi connectivity index (χ3n) is 5.19. The Kier molecular flexibility index (Phi) is 3.96. The number of fused-ring (bicyclic) bond motifs is 2. The molecular formula is C20H28O3. The maximum Gasteiger partial charge on any atom is 0.132 e. The van der Waals surface area contributed by atoms with Gasteiger partial charge in [0.15, 0.2) is 0 Å². The number of hydrogen-bond acceptors (Lipinski definition) is 3. The van der Waals surface area contributed by atoms with E-state index in [1.807, 2.05) is 13.0 Å². The molecule has 1 aliphatic carbocycles. The van der Waals surface area contributed by atoms with Crippen molar-refractivity contribution < 1.29 is 14.9 Å². The standard InChI is InChI=1S/C20H28O3/c1-5-6-7-13-10-16(21)18-14-12-20(4,22)9-8-15(14)19(2,3)23-17(18)11-13/h10-11,21-22H,5-9,12H2,1-4H3. The molecule has 3 rings (SSSR count). The second-order valence-corrected chi connectivity index (χ2v) is 7.83. The summed E-state index contributed by atoms with van der Waals surface area (Å²) in [5.74, 6) is 1.05. The maximum absolute atomic E-state index is 10.6. The minimum absolute atomic E-state index is 0.286. The second-order valence-electron chi connectivity index (χ2n) is 7.83. The molecule has 23 heavy (non-hydrogen) atoms. The fourth-order valence-corrected chi connectivity index (χ4v) is 3.93. The minimum atomic E-state index is -0.711. The van der Waals surface area contributed by atoms with Gasteiger partial charge < -0.3 is 14.9 Å². The van der Waals surface area contributed by atoms with Crippen molar-refractivity contribution in [3.05, 3.63) is 28.8 Å². The maximum atomic E-state index is 10.6. The van der Waals surface area contributed by atoms with E-state index in [4.69, 9.17) is 4.74 Å². The van der Waals surface area contributed by atoms with Gasteiger partial charge in [-0.2, -0.15) is 0 Å². The monoisotopic (exact) mass is 316 g/mol. The van der Waals surface area contributed by atoms with Crippen LogP contribution in [0.15, 0.2) is 17.7 Å². The lowest BCUT2D eigenvalue weighted by molar-refractivity contribution is 0.0432. The number of rotatable bonds is 3. The Labute approximate surface area is 139 Å². The fourth-order valence-electron chi connectivity index (χ4n) is 3.93. The summed E-state index contributed by atoms with van der Waals surface area (Å²) in [4.78, 5) is 0. The van der Waals surface area contributed by atoms with Crippen molar-refractivity contribution in [2.75, 3.05) is 0 Å². The van der Waals surface area contributed by atoms with Gasteiger partial charge in [-0.15, -0.1) is 0 Å². The second kappa shape index (κ2) is 5.55. The lowest BCUT2D eigenvalue weighted by Gasteiger charge is -2.43. The van der Waals surface area contributed by atoms with E-state index in [2.05, 4.69) is 26.8 Å². The van der Waals surface area contributed by atoms with E-state index in [0.29, 0.717) is 6.42 Å². The van der Waals surface area contributed by atoms with Crippen LogP contribution >= 0.6 is 0 Å². The molecule has 0 saturated carbocycles. The molecule has 3 nitrogen and oxygen atoms in total. The highest BCUT2D eigenvalue weighted by Crippen LogP contribution is 2.52. The summed E-state index contributed by atoms with van der Waals surface area (Å²) in [5, 5.41) is 21.1. The normalized spacial score (nSPS) is 25.6. The molecule has 3 heteroatoms. The molecule has 2 N–H and O–H groups in total. The smallest absolute Gasteiger partial charge is 0.132 e. The van der Waals surface area contributed by atoms with Gasteiger partial charge in [0.05, 0.1) is 11.2 Å². The highest BCUT2D eigenvalue weighted by Gasteiger charge is 2.42. The average Bonchev–Trinajstić information content (AvgIpc) is 2.42. The molecule has 126 valence electrons. The first-order valence-corrected chi connectivity index (χ1v) is 8.74. The first kappa shape index (κ1) is 16.4. The van der Waals surface area contributed by atoms with Gasteiger partial charge in [0.2, 0.25) is 0 Å². The van der Waals surface area contributed by atoms with E-state index < -0.39 is 5.60 Å². The molecule has 1 aromatic carbocycles. The van der Waals surface area contributed by atoms with E-state index in [1.165, 1.54) is 5.57 Å². The highest BCUT2D eigenvalue weighted by atomic mass is 16.5. The summed E-state index contributed by atoms with van der Waals surface area (Å²) in [5.41, 5.74) is 3.11. The molecule has 1 aliphatic heterocycles. The van der Waals surface area contributed by atoms with E-state index in [9.17, 15) is 10.2 Å². The molecule has 0 amide bonds. The Hall–Kier alpha value is -1.48. The molecular weight excluding hydrogens is 288 g/mol. The zero-order chi connectivity index (χ0) is 16.8. The molecule has 1 aromatic rings. The Morgan fingerprint density at radius 3 is 2.65 bits per heavy atom. The summed E-state index contributed by atoms with van der Waals surface area (Å²) in [6, 6.07) is 3.93. The van der Waals surface area contributed by atoms with Crippen LogP contribution in [0.3, 0.4) is 0 Å². The average molecular weight is 316 g/mol. The predicted molar refractivity (Wildman–Crippen MR) is 92.8 cm³/mol. The van der Waals surface area contributed by atoms with Gasteiger partial charge in [0.1, 0.15) is 17.1 Å². The van der Waals surface area contributed by atoms with E-state index in [0.717, 1.165) is 54.6 Å².